The first-order valence-corrected chi connectivity index (χ1v) is 14.3. The number of carbonyl (C=O) groups excluding carboxylic acids is 4. The third-order valence-electron chi connectivity index (χ3n) is 7.76. The Morgan fingerprint density at radius 1 is 0.829 bits per heavy atom. The number of ether oxygens (including phenoxy) is 2. The maximum atomic E-state index is 13.2. The van der Waals surface area contributed by atoms with Crippen molar-refractivity contribution in [2.75, 3.05) is 20.8 Å². The molecule has 0 fully saturated rings. The summed E-state index contributed by atoms with van der Waals surface area (Å²) >= 11 is 0. The number of esters is 2. The third kappa shape index (κ3) is 7.32. The zero-order valence-corrected chi connectivity index (χ0v) is 25.9. The van der Waals surface area contributed by atoms with Crippen LogP contribution < -0.4 is 0 Å². The van der Waals surface area contributed by atoms with Crippen molar-refractivity contribution >= 4 is 34.9 Å². The predicted molar refractivity (Wildman–Crippen MR) is 156 cm³/mol. The number of Topliss-reactive ketones (excluding diaryl/α,β-unsaturated/α-hetero) is 2. The van der Waals surface area contributed by atoms with Crippen molar-refractivity contribution in [3.63, 3.8) is 0 Å². The van der Waals surface area contributed by atoms with Gasteiger partial charge in [-0.3, -0.25) is 29.2 Å². The lowest BCUT2D eigenvalue weighted by molar-refractivity contribution is -0.151. The van der Waals surface area contributed by atoms with E-state index in [1.165, 1.54) is 14.2 Å². The number of hydrogen-bond donors (Lipinski definition) is 2. The van der Waals surface area contributed by atoms with Gasteiger partial charge in [-0.05, 0) is 30.6 Å². The van der Waals surface area contributed by atoms with E-state index >= 15 is 0 Å². The second-order valence-corrected chi connectivity index (χ2v) is 12.3. The van der Waals surface area contributed by atoms with E-state index in [0.717, 1.165) is 0 Å². The number of carbonyl (C=O) groups is 4. The molecule has 10 heteroatoms. The first-order chi connectivity index (χ1) is 19.1. The molecule has 2 rings (SSSR count). The average molecular weight is 575 g/mol. The number of hydrogen-bond acceptors (Lipinski definition) is 10. The molecule has 0 saturated heterocycles. The molecule has 0 radical (unpaired) electrons. The maximum absolute atomic E-state index is 13.2. The van der Waals surface area contributed by atoms with Crippen LogP contribution in [-0.4, -0.2) is 71.9 Å². The zero-order chi connectivity index (χ0) is 31.3. The number of ketones is 2. The molecule has 0 aromatic rings. The van der Waals surface area contributed by atoms with Crippen molar-refractivity contribution in [3.8, 4) is 0 Å². The molecule has 0 spiro atoms. The minimum atomic E-state index is -0.994. The Kier molecular flexibility index (Phi) is 11.2. The largest absolute Gasteiger partial charge is 0.511 e. The van der Waals surface area contributed by atoms with Gasteiger partial charge in [-0.2, -0.15) is 0 Å². The molecule has 0 aromatic carbocycles. The fourth-order valence-electron chi connectivity index (χ4n) is 5.80. The molecule has 2 N–H and O–H groups in total. The van der Waals surface area contributed by atoms with Gasteiger partial charge in [0.25, 0.3) is 0 Å². The van der Waals surface area contributed by atoms with Gasteiger partial charge in [0.15, 0.2) is 11.6 Å². The molecule has 3 atom stereocenters. The molecule has 0 saturated carbocycles. The van der Waals surface area contributed by atoms with Gasteiger partial charge in [-0.15, -0.1) is 0 Å². The Balaban J connectivity index is 2.54. The third-order valence-corrected chi connectivity index (χ3v) is 7.76. The highest BCUT2D eigenvalue weighted by molar-refractivity contribution is 6.24. The highest BCUT2D eigenvalue weighted by Gasteiger charge is 2.49. The lowest BCUT2D eigenvalue weighted by Crippen LogP contribution is -2.42. The predicted octanol–water partition coefficient (Wildman–Crippen LogP) is 5.06. The van der Waals surface area contributed by atoms with E-state index < -0.39 is 40.6 Å². The van der Waals surface area contributed by atoms with Crippen molar-refractivity contribution in [1.82, 2.24) is 0 Å². The molecule has 10 nitrogen and oxygen atoms in total. The van der Waals surface area contributed by atoms with Gasteiger partial charge < -0.3 is 19.7 Å². The van der Waals surface area contributed by atoms with Gasteiger partial charge in [0.1, 0.15) is 23.4 Å². The molecule has 0 heterocycles. The van der Waals surface area contributed by atoms with Crippen LogP contribution in [0.25, 0.3) is 0 Å². The number of aliphatic hydroxyl groups excluding tert-OH is 2. The van der Waals surface area contributed by atoms with E-state index in [4.69, 9.17) is 14.5 Å². The summed E-state index contributed by atoms with van der Waals surface area (Å²) in [6.07, 6.45) is 2.19. The van der Waals surface area contributed by atoms with Crippen LogP contribution in [0.15, 0.2) is 32.6 Å². The number of methoxy groups -OCH3 is 2. The molecular formula is C31H46N2O8. The molecule has 0 bridgehead atoms. The molecule has 41 heavy (non-hydrogen) atoms. The van der Waals surface area contributed by atoms with Crippen LogP contribution in [-0.2, 0) is 28.7 Å². The molecule has 2 aliphatic rings. The number of aliphatic hydroxyl groups is 2. The van der Waals surface area contributed by atoms with Crippen molar-refractivity contribution in [1.29, 1.82) is 0 Å². The Morgan fingerprint density at radius 3 is 1.61 bits per heavy atom. The summed E-state index contributed by atoms with van der Waals surface area (Å²) in [5.74, 6) is -4.45. The first kappa shape index (κ1) is 33.9. The van der Waals surface area contributed by atoms with E-state index in [1.54, 1.807) is 34.6 Å². The quantitative estimate of drug-likeness (QED) is 0.257. The average Bonchev–Trinajstić information content (AvgIpc) is 2.85. The fraction of sp³-hybridized carbons (Fsp3) is 0.677. The van der Waals surface area contributed by atoms with Crippen LogP contribution in [0, 0.1) is 22.7 Å². The van der Waals surface area contributed by atoms with E-state index in [2.05, 4.69) is 4.99 Å². The Morgan fingerprint density at radius 2 is 1.22 bits per heavy atom. The van der Waals surface area contributed by atoms with Gasteiger partial charge in [0, 0.05) is 24.3 Å². The molecule has 2 aliphatic carbocycles. The van der Waals surface area contributed by atoms with Crippen LogP contribution in [0.4, 0.5) is 0 Å². The van der Waals surface area contributed by atoms with Gasteiger partial charge in [-0.25, -0.2) is 0 Å². The van der Waals surface area contributed by atoms with Gasteiger partial charge in [0.2, 0.25) is 0 Å². The van der Waals surface area contributed by atoms with Crippen LogP contribution in [0.2, 0.25) is 0 Å². The van der Waals surface area contributed by atoms with E-state index in [-0.39, 0.29) is 53.6 Å². The van der Waals surface area contributed by atoms with Crippen LogP contribution in [0.5, 0.6) is 0 Å². The van der Waals surface area contributed by atoms with Crippen molar-refractivity contribution < 1.29 is 38.9 Å². The molecule has 228 valence electrons. The normalized spacial score (nSPS) is 23.9. The SMILES string of the molecule is CCCC(=NC[C@H](C)N=C(CCC)C1=C(O)[C@H](C(=O)OC)C(C)(C)CC1=O)C1=C(O)[C@H](C(=O)OC)C(C)(C)CC1=O. The minimum Gasteiger partial charge on any atom is -0.511 e. The molecule has 0 unspecified atom stereocenters. The summed E-state index contributed by atoms with van der Waals surface area (Å²) in [6.45, 7) is 12.7. The lowest BCUT2D eigenvalue weighted by atomic mass is 9.67. The van der Waals surface area contributed by atoms with E-state index in [0.29, 0.717) is 37.1 Å². The van der Waals surface area contributed by atoms with Gasteiger partial charge in [0.05, 0.1) is 38.0 Å². The van der Waals surface area contributed by atoms with Crippen molar-refractivity contribution in [3.05, 3.63) is 22.7 Å². The van der Waals surface area contributed by atoms with Crippen LogP contribution in [0.1, 0.15) is 87.0 Å². The van der Waals surface area contributed by atoms with E-state index in [1.807, 2.05) is 13.8 Å². The summed E-state index contributed by atoms with van der Waals surface area (Å²) in [6, 6.07) is -0.461. The Bertz CT molecular complexity index is 1190. The summed E-state index contributed by atoms with van der Waals surface area (Å²) in [5.41, 5.74) is -0.751. The standard InChI is InChI=1S/C31H46N2O8/c1-10-12-18(22-20(34)14-30(4,5)24(26(22)36)28(38)40-8)32-16-17(3)33-19(13-11-2)23-21(35)15-31(6,7)25(27(23)37)29(39)41-9/h17,24-25,36-37H,10-16H2,1-9H3/t17-,24+,25+/m0/s1. The second kappa shape index (κ2) is 13.6. The van der Waals surface area contributed by atoms with Gasteiger partial charge >= 0.3 is 11.9 Å². The van der Waals surface area contributed by atoms with Crippen LogP contribution in [0.3, 0.4) is 0 Å². The number of rotatable bonds is 11. The maximum Gasteiger partial charge on any atom is 0.316 e. The molecular weight excluding hydrogens is 528 g/mol. The molecule has 0 aromatic heterocycles. The highest BCUT2D eigenvalue weighted by Crippen LogP contribution is 2.44. The summed E-state index contributed by atoms with van der Waals surface area (Å²) in [4.78, 5) is 60.8. The monoisotopic (exact) mass is 574 g/mol. The summed E-state index contributed by atoms with van der Waals surface area (Å²) in [7, 11) is 2.49. The fourth-order valence-corrected chi connectivity index (χ4v) is 5.80. The summed E-state index contributed by atoms with van der Waals surface area (Å²) in [5, 5.41) is 22.3. The van der Waals surface area contributed by atoms with Crippen LogP contribution >= 0.6 is 0 Å². The van der Waals surface area contributed by atoms with Crippen molar-refractivity contribution in [2.45, 2.75) is 93.0 Å². The van der Waals surface area contributed by atoms with Gasteiger partial charge in [-0.1, -0.05) is 54.4 Å². The Labute approximate surface area is 243 Å². The second-order valence-electron chi connectivity index (χ2n) is 12.3. The molecule has 0 amide bonds. The summed E-state index contributed by atoms with van der Waals surface area (Å²) < 4.78 is 9.84. The van der Waals surface area contributed by atoms with E-state index in [9.17, 15) is 29.4 Å². The zero-order valence-electron chi connectivity index (χ0n) is 25.9. The highest BCUT2D eigenvalue weighted by atomic mass is 16.5. The topological polar surface area (TPSA) is 152 Å². The van der Waals surface area contributed by atoms with Crippen molar-refractivity contribution in [2.24, 2.45) is 32.7 Å². The first-order valence-electron chi connectivity index (χ1n) is 14.3. The number of nitrogens with zero attached hydrogens (tertiary/aromatic N) is 2. The molecule has 0 aliphatic heterocycles. The number of aliphatic imine (C=N–C) groups is 2. The lowest BCUT2D eigenvalue weighted by Gasteiger charge is -2.36. The number of allylic oxidation sites excluding steroid dienone is 2. The Hall–Kier alpha value is -3.30. The minimum absolute atomic E-state index is 0.0509. The smallest absolute Gasteiger partial charge is 0.316 e.